The van der Waals surface area contributed by atoms with Crippen LogP contribution in [0.4, 0.5) is 0 Å². The fraction of sp³-hybridized carbons (Fsp3) is 0.429. The quantitative estimate of drug-likeness (QED) is 0.850. The number of benzene rings is 1. The molecule has 0 saturated heterocycles. The molecule has 2 heterocycles. The maximum atomic E-state index is 8.87. The van der Waals surface area contributed by atoms with Gasteiger partial charge in [-0.1, -0.05) is 6.07 Å². The average molecular weight is 231 g/mol. The number of hydrogen-bond donors (Lipinski definition) is 2. The van der Waals surface area contributed by atoms with Gasteiger partial charge in [0.1, 0.15) is 0 Å². The number of hydrogen-bond acceptors (Lipinski definition) is 2. The Labute approximate surface area is 100 Å². The van der Waals surface area contributed by atoms with Crippen molar-refractivity contribution in [2.45, 2.75) is 25.9 Å². The molecule has 1 aliphatic rings. The number of rotatable bonds is 3. The van der Waals surface area contributed by atoms with E-state index in [1.54, 1.807) is 0 Å². The van der Waals surface area contributed by atoms with E-state index < -0.39 is 0 Å². The lowest BCUT2D eigenvalue weighted by molar-refractivity contribution is 0.111. The number of aromatic nitrogens is 1. The maximum absolute atomic E-state index is 8.87. The molecule has 0 aliphatic carbocycles. The number of aryl methyl sites for hydroxylation is 1. The first-order valence-electron chi connectivity index (χ1n) is 6.19. The van der Waals surface area contributed by atoms with Crippen molar-refractivity contribution in [3.05, 3.63) is 35.0 Å². The lowest BCUT2D eigenvalue weighted by Gasteiger charge is -2.11. The van der Waals surface area contributed by atoms with E-state index in [-0.39, 0.29) is 6.61 Å². The molecule has 0 radical (unpaired) electrons. The molecule has 1 aromatic carbocycles. The Bertz CT molecular complexity index is 530. The van der Waals surface area contributed by atoms with Gasteiger partial charge in [-0.3, -0.25) is 0 Å². The first-order chi connectivity index (χ1) is 8.38. The van der Waals surface area contributed by atoms with Gasteiger partial charge in [-0.25, -0.2) is 0 Å². The molecule has 2 aromatic rings. The van der Waals surface area contributed by atoms with Crippen molar-refractivity contribution >= 4 is 10.9 Å². The van der Waals surface area contributed by atoms with Crippen molar-refractivity contribution in [2.75, 3.05) is 13.2 Å². The molecule has 2 N–H and O–H groups in total. The second kappa shape index (κ2) is 4.51. The van der Waals surface area contributed by atoms with Crippen molar-refractivity contribution in [3.63, 3.8) is 0 Å². The van der Waals surface area contributed by atoms with Crippen LogP contribution in [0.25, 0.3) is 10.9 Å². The minimum Gasteiger partial charge on any atom is -0.396 e. The van der Waals surface area contributed by atoms with Gasteiger partial charge >= 0.3 is 0 Å². The highest BCUT2D eigenvalue weighted by molar-refractivity contribution is 5.85. The molecular formula is C14H17NO2. The predicted octanol–water partition coefficient (Wildman–Crippen LogP) is 2.17. The second-order valence-electron chi connectivity index (χ2n) is 4.59. The normalized spacial score (nSPS) is 15.1. The first-order valence-corrected chi connectivity index (χ1v) is 6.19. The highest BCUT2D eigenvalue weighted by Crippen LogP contribution is 2.27. The third-order valence-electron chi connectivity index (χ3n) is 3.43. The number of H-pyrrole nitrogens is 1. The summed E-state index contributed by atoms with van der Waals surface area (Å²) in [5.74, 6) is 0. The third-order valence-corrected chi connectivity index (χ3v) is 3.43. The van der Waals surface area contributed by atoms with Gasteiger partial charge in [0, 0.05) is 35.2 Å². The van der Waals surface area contributed by atoms with E-state index in [1.807, 2.05) is 0 Å². The van der Waals surface area contributed by atoms with Gasteiger partial charge in [-0.2, -0.15) is 0 Å². The van der Waals surface area contributed by atoms with Crippen molar-refractivity contribution in [3.8, 4) is 0 Å². The summed E-state index contributed by atoms with van der Waals surface area (Å²) in [5.41, 5.74) is 5.13. The molecule has 0 bridgehead atoms. The van der Waals surface area contributed by atoms with Gasteiger partial charge in [0.05, 0.1) is 13.2 Å². The van der Waals surface area contributed by atoms with E-state index in [4.69, 9.17) is 9.84 Å². The molecule has 0 unspecified atom stereocenters. The number of ether oxygens (including phenoxy) is 1. The zero-order chi connectivity index (χ0) is 11.7. The van der Waals surface area contributed by atoms with Crippen molar-refractivity contribution in [1.82, 2.24) is 4.98 Å². The highest BCUT2D eigenvalue weighted by atomic mass is 16.5. The zero-order valence-corrected chi connectivity index (χ0v) is 9.83. The Hall–Kier alpha value is -1.32. The third kappa shape index (κ3) is 1.96. The summed E-state index contributed by atoms with van der Waals surface area (Å²) in [4.78, 5) is 3.47. The van der Waals surface area contributed by atoms with E-state index in [0.717, 1.165) is 32.5 Å². The lowest BCUT2D eigenvalue weighted by atomic mass is 10.0. The largest absolute Gasteiger partial charge is 0.396 e. The van der Waals surface area contributed by atoms with Crippen LogP contribution in [0, 0.1) is 0 Å². The molecule has 0 atom stereocenters. The van der Waals surface area contributed by atoms with Crippen LogP contribution < -0.4 is 0 Å². The average Bonchev–Trinajstić information content (AvgIpc) is 2.74. The smallest absolute Gasteiger partial charge is 0.0740 e. The van der Waals surface area contributed by atoms with Crippen molar-refractivity contribution in [1.29, 1.82) is 0 Å². The number of aliphatic hydroxyl groups is 1. The predicted molar refractivity (Wildman–Crippen MR) is 67.1 cm³/mol. The van der Waals surface area contributed by atoms with Crippen molar-refractivity contribution in [2.24, 2.45) is 0 Å². The van der Waals surface area contributed by atoms with Crippen LogP contribution in [0.2, 0.25) is 0 Å². The van der Waals surface area contributed by atoms with Crippen LogP contribution in [0.3, 0.4) is 0 Å². The van der Waals surface area contributed by atoms with Crippen LogP contribution in [-0.2, 0) is 24.2 Å². The highest BCUT2D eigenvalue weighted by Gasteiger charge is 2.15. The van der Waals surface area contributed by atoms with E-state index >= 15 is 0 Å². The molecule has 3 heteroatoms. The van der Waals surface area contributed by atoms with Gasteiger partial charge < -0.3 is 14.8 Å². The number of aliphatic hydroxyl groups excluding tert-OH is 1. The molecule has 90 valence electrons. The van der Waals surface area contributed by atoms with Crippen molar-refractivity contribution < 1.29 is 9.84 Å². The molecular weight excluding hydrogens is 214 g/mol. The van der Waals surface area contributed by atoms with E-state index in [9.17, 15) is 0 Å². The Morgan fingerprint density at radius 1 is 1.35 bits per heavy atom. The van der Waals surface area contributed by atoms with Crippen LogP contribution in [0.1, 0.15) is 23.2 Å². The Morgan fingerprint density at radius 3 is 3.18 bits per heavy atom. The Morgan fingerprint density at radius 2 is 2.29 bits per heavy atom. The maximum Gasteiger partial charge on any atom is 0.0740 e. The number of nitrogens with one attached hydrogen (secondary N) is 1. The van der Waals surface area contributed by atoms with E-state index in [1.165, 1.54) is 27.7 Å². The lowest BCUT2D eigenvalue weighted by Crippen LogP contribution is -2.08. The molecule has 17 heavy (non-hydrogen) atoms. The van der Waals surface area contributed by atoms with Gasteiger partial charge in [-0.15, -0.1) is 0 Å². The fourth-order valence-electron chi connectivity index (χ4n) is 2.52. The van der Waals surface area contributed by atoms with Gasteiger partial charge in [0.15, 0.2) is 0 Å². The van der Waals surface area contributed by atoms with Crippen LogP contribution in [0.15, 0.2) is 18.2 Å². The summed E-state index contributed by atoms with van der Waals surface area (Å²) >= 11 is 0. The molecule has 3 nitrogen and oxygen atoms in total. The summed E-state index contributed by atoms with van der Waals surface area (Å²) in [6.45, 7) is 1.79. The van der Waals surface area contributed by atoms with E-state index in [2.05, 4.69) is 23.2 Å². The topological polar surface area (TPSA) is 45.2 Å². The molecule has 0 amide bonds. The molecule has 1 aliphatic heterocycles. The monoisotopic (exact) mass is 231 g/mol. The Kier molecular flexibility index (Phi) is 2.87. The molecule has 3 rings (SSSR count). The minimum atomic E-state index is 0.256. The van der Waals surface area contributed by atoms with E-state index in [0.29, 0.717) is 0 Å². The fourth-order valence-corrected chi connectivity index (χ4v) is 2.52. The van der Waals surface area contributed by atoms with Gasteiger partial charge in [0.25, 0.3) is 0 Å². The standard InChI is InChI=1S/C14H17NO2/c16-6-1-2-10-3-4-13-11(8-10)12-9-17-7-5-14(12)15-13/h3-4,8,15-16H,1-2,5-7,9H2. The van der Waals surface area contributed by atoms with Crippen LogP contribution in [-0.4, -0.2) is 23.3 Å². The minimum absolute atomic E-state index is 0.256. The first kappa shape index (κ1) is 10.8. The van der Waals surface area contributed by atoms with Gasteiger partial charge in [-0.05, 0) is 30.5 Å². The van der Waals surface area contributed by atoms with Gasteiger partial charge in [0.2, 0.25) is 0 Å². The molecule has 0 spiro atoms. The van der Waals surface area contributed by atoms with Crippen LogP contribution in [0.5, 0.6) is 0 Å². The second-order valence-corrected chi connectivity index (χ2v) is 4.59. The zero-order valence-electron chi connectivity index (χ0n) is 9.83. The SMILES string of the molecule is OCCCc1ccc2[nH]c3c(c2c1)COCC3. The Balaban J connectivity index is 2.02. The molecule has 1 aromatic heterocycles. The number of fused-ring (bicyclic) bond motifs is 3. The summed E-state index contributed by atoms with van der Waals surface area (Å²) in [6, 6.07) is 6.51. The number of aromatic amines is 1. The molecule has 0 fully saturated rings. The molecule has 0 saturated carbocycles. The summed E-state index contributed by atoms with van der Waals surface area (Å²) in [5, 5.41) is 10.2. The summed E-state index contributed by atoms with van der Waals surface area (Å²) in [7, 11) is 0. The summed E-state index contributed by atoms with van der Waals surface area (Å²) in [6.07, 6.45) is 2.75. The summed E-state index contributed by atoms with van der Waals surface area (Å²) < 4.78 is 5.52. The van der Waals surface area contributed by atoms with Crippen LogP contribution >= 0.6 is 0 Å².